The lowest BCUT2D eigenvalue weighted by atomic mass is 10.1. The first-order valence-electron chi connectivity index (χ1n) is 5.87. The van der Waals surface area contributed by atoms with Gasteiger partial charge in [0.25, 0.3) is 0 Å². The first-order valence-corrected chi connectivity index (χ1v) is 5.87. The van der Waals surface area contributed by atoms with Crippen LogP contribution in [0.3, 0.4) is 0 Å². The summed E-state index contributed by atoms with van der Waals surface area (Å²) < 4.78 is 0. The van der Waals surface area contributed by atoms with Gasteiger partial charge >= 0.3 is 0 Å². The quantitative estimate of drug-likeness (QED) is 0.326. The fourth-order valence-electron chi connectivity index (χ4n) is 1.89. The molecule has 100 valence electrons. The summed E-state index contributed by atoms with van der Waals surface area (Å²) in [5.74, 6) is 0.701. The van der Waals surface area contributed by atoms with E-state index in [1.165, 1.54) is 0 Å². The van der Waals surface area contributed by atoms with Crippen LogP contribution >= 0.6 is 0 Å². The number of aliphatic hydroxyl groups is 1. The number of hydrogen-bond acceptors (Lipinski definition) is 5. The smallest absolute Gasteiger partial charge is 0.170 e. The first kappa shape index (κ1) is 13.1. The van der Waals surface area contributed by atoms with Crippen molar-refractivity contribution in [2.24, 2.45) is 10.9 Å². The van der Waals surface area contributed by atoms with E-state index in [0.717, 1.165) is 10.9 Å². The standard InChI is InChI=1S/C13H16N4O2/c1-17(6-7-18)12-8-10(13(14)16-19)9-4-2-3-5-11(9)15-12/h2-5,8,18-19H,6-7H2,1H3,(H2,14,16). The highest BCUT2D eigenvalue weighted by molar-refractivity contribution is 6.08. The van der Waals surface area contributed by atoms with E-state index in [4.69, 9.17) is 16.0 Å². The van der Waals surface area contributed by atoms with Crippen LogP contribution in [0.25, 0.3) is 10.9 Å². The average Bonchev–Trinajstić information content (AvgIpc) is 2.45. The zero-order valence-corrected chi connectivity index (χ0v) is 10.6. The average molecular weight is 260 g/mol. The van der Waals surface area contributed by atoms with Crippen molar-refractivity contribution < 1.29 is 10.3 Å². The molecule has 2 rings (SSSR count). The molecule has 2 aromatic rings. The molecule has 1 aromatic carbocycles. The second-order valence-electron chi connectivity index (χ2n) is 4.18. The van der Waals surface area contributed by atoms with Gasteiger partial charge in [-0.3, -0.25) is 0 Å². The second-order valence-corrected chi connectivity index (χ2v) is 4.18. The van der Waals surface area contributed by atoms with Gasteiger partial charge in [-0.1, -0.05) is 23.4 Å². The summed E-state index contributed by atoms with van der Waals surface area (Å²) in [6, 6.07) is 9.22. The van der Waals surface area contributed by atoms with Crippen molar-refractivity contribution in [3.8, 4) is 0 Å². The van der Waals surface area contributed by atoms with Crippen LogP contribution in [0.5, 0.6) is 0 Å². The molecular weight excluding hydrogens is 244 g/mol. The van der Waals surface area contributed by atoms with Crippen molar-refractivity contribution in [2.75, 3.05) is 25.1 Å². The van der Waals surface area contributed by atoms with E-state index in [-0.39, 0.29) is 12.4 Å². The van der Waals surface area contributed by atoms with Gasteiger partial charge in [-0.15, -0.1) is 0 Å². The van der Waals surface area contributed by atoms with E-state index in [2.05, 4.69) is 10.1 Å². The highest BCUT2D eigenvalue weighted by Gasteiger charge is 2.11. The van der Waals surface area contributed by atoms with Crippen LogP contribution in [0.2, 0.25) is 0 Å². The Labute approximate surface area is 110 Å². The summed E-state index contributed by atoms with van der Waals surface area (Å²) in [7, 11) is 1.82. The Morgan fingerprint density at radius 1 is 1.42 bits per heavy atom. The Bertz CT molecular complexity index is 613. The summed E-state index contributed by atoms with van der Waals surface area (Å²) in [5.41, 5.74) is 7.08. The molecule has 0 aliphatic carbocycles. The SMILES string of the molecule is CN(CCO)c1cc(C(N)=NO)c2ccccc2n1. The molecule has 0 bridgehead atoms. The predicted molar refractivity (Wildman–Crippen MR) is 74.6 cm³/mol. The number of fused-ring (bicyclic) bond motifs is 1. The van der Waals surface area contributed by atoms with Gasteiger partial charge in [-0.2, -0.15) is 0 Å². The zero-order chi connectivity index (χ0) is 13.8. The summed E-state index contributed by atoms with van der Waals surface area (Å²) >= 11 is 0. The maximum atomic E-state index is 8.98. The molecule has 0 radical (unpaired) electrons. The normalized spacial score (nSPS) is 11.8. The van der Waals surface area contributed by atoms with E-state index in [1.54, 1.807) is 11.0 Å². The molecular formula is C13H16N4O2. The van der Waals surface area contributed by atoms with E-state index < -0.39 is 0 Å². The molecule has 0 saturated heterocycles. The van der Waals surface area contributed by atoms with Gasteiger partial charge in [-0.25, -0.2) is 4.98 Å². The lowest BCUT2D eigenvalue weighted by Gasteiger charge is -2.18. The number of anilines is 1. The number of nitrogens with zero attached hydrogens (tertiary/aromatic N) is 3. The van der Waals surface area contributed by atoms with E-state index in [1.807, 2.05) is 31.3 Å². The van der Waals surface area contributed by atoms with Crippen LogP contribution in [-0.2, 0) is 0 Å². The van der Waals surface area contributed by atoms with Crippen molar-refractivity contribution >= 4 is 22.6 Å². The van der Waals surface area contributed by atoms with Crippen molar-refractivity contribution in [3.05, 3.63) is 35.9 Å². The maximum Gasteiger partial charge on any atom is 0.170 e. The summed E-state index contributed by atoms with van der Waals surface area (Å²) in [6.07, 6.45) is 0. The third-order valence-corrected chi connectivity index (χ3v) is 2.91. The summed E-state index contributed by atoms with van der Waals surface area (Å²) in [5, 5.41) is 21.7. The Hall–Kier alpha value is -2.34. The van der Waals surface area contributed by atoms with Gasteiger partial charge in [0.15, 0.2) is 5.84 Å². The van der Waals surface area contributed by atoms with Crippen LogP contribution in [0.1, 0.15) is 5.56 Å². The summed E-state index contributed by atoms with van der Waals surface area (Å²) in [6.45, 7) is 0.491. The molecule has 19 heavy (non-hydrogen) atoms. The van der Waals surface area contributed by atoms with Gasteiger partial charge in [0.1, 0.15) is 5.82 Å². The fourth-order valence-corrected chi connectivity index (χ4v) is 1.89. The molecule has 1 heterocycles. The van der Waals surface area contributed by atoms with Crippen LogP contribution < -0.4 is 10.6 Å². The monoisotopic (exact) mass is 260 g/mol. The highest BCUT2D eigenvalue weighted by atomic mass is 16.4. The topological polar surface area (TPSA) is 95.0 Å². The van der Waals surface area contributed by atoms with E-state index in [0.29, 0.717) is 17.9 Å². The third kappa shape index (κ3) is 2.58. The van der Waals surface area contributed by atoms with Crippen LogP contribution in [0.15, 0.2) is 35.5 Å². The van der Waals surface area contributed by atoms with Gasteiger partial charge < -0.3 is 20.9 Å². The molecule has 6 nitrogen and oxygen atoms in total. The number of likely N-dealkylation sites (N-methyl/N-ethyl adjacent to an activating group) is 1. The third-order valence-electron chi connectivity index (χ3n) is 2.91. The van der Waals surface area contributed by atoms with Crippen molar-refractivity contribution in [2.45, 2.75) is 0 Å². The Kier molecular flexibility index (Phi) is 3.82. The van der Waals surface area contributed by atoms with Gasteiger partial charge in [0, 0.05) is 24.5 Å². The zero-order valence-electron chi connectivity index (χ0n) is 10.6. The molecule has 1 aromatic heterocycles. The van der Waals surface area contributed by atoms with Crippen molar-refractivity contribution in [1.82, 2.24) is 4.98 Å². The number of rotatable bonds is 4. The number of para-hydroxylation sites is 1. The number of nitrogens with two attached hydrogens (primary N) is 1. The minimum atomic E-state index is 0.0317. The molecule has 0 aliphatic heterocycles. The fraction of sp³-hybridized carbons (Fsp3) is 0.231. The van der Waals surface area contributed by atoms with Crippen LogP contribution in [-0.4, -0.2) is 41.3 Å². The predicted octanol–water partition coefficient (Wildman–Crippen LogP) is 0.758. The first-order chi connectivity index (χ1) is 9.17. The van der Waals surface area contributed by atoms with Crippen LogP contribution in [0.4, 0.5) is 5.82 Å². The van der Waals surface area contributed by atoms with Crippen molar-refractivity contribution in [1.29, 1.82) is 0 Å². The Morgan fingerprint density at radius 2 is 2.16 bits per heavy atom. The van der Waals surface area contributed by atoms with Gasteiger partial charge in [-0.05, 0) is 12.1 Å². The molecule has 0 unspecified atom stereocenters. The Morgan fingerprint density at radius 3 is 2.84 bits per heavy atom. The van der Waals surface area contributed by atoms with Gasteiger partial charge in [0.05, 0.1) is 12.1 Å². The lowest BCUT2D eigenvalue weighted by molar-refractivity contribution is 0.304. The molecule has 0 amide bonds. The lowest BCUT2D eigenvalue weighted by Crippen LogP contribution is -2.23. The summed E-state index contributed by atoms with van der Waals surface area (Å²) in [4.78, 5) is 6.30. The minimum Gasteiger partial charge on any atom is -0.409 e. The van der Waals surface area contributed by atoms with Crippen molar-refractivity contribution in [3.63, 3.8) is 0 Å². The van der Waals surface area contributed by atoms with E-state index >= 15 is 0 Å². The molecule has 6 heteroatoms. The maximum absolute atomic E-state index is 8.98. The number of benzene rings is 1. The molecule has 0 saturated carbocycles. The number of hydrogen-bond donors (Lipinski definition) is 3. The minimum absolute atomic E-state index is 0.0317. The number of oxime groups is 1. The largest absolute Gasteiger partial charge is 0.409 e. The Balaban J connectivity index is 2.63. The number of pyridine rings is 1. The molecule has 0 fully saturated rings. The van der Waals surface area contributed by atoms with Gasteiger partial charge in [0.2, 0.25) is 0 Å². The van der Waals surface area contributed by atoms with E-state index in [9.17, 15) is 0 Å². The molecule has 0 spiro atoms. The molecule has 0 atom stereocenters. The van der Waals surface area contributed by atoms with Crippen LogP contribution in [0, 0.1) is 0 Å². The number of amidine groups is 1. The highest BCUT2D eigenvalue weighted by Crippen LogP contribution is 2.22. The number of aromatic nitrogens is 1. The molecule has 0 aliphatic rings. The molecule has 4 N–H and O–H groups in total. The number of aliphatic hydroxyl groups excluding tert-OH is 1. The second kappa shape index (κ2) is 5.53.